The first-order chi connectivity index (χ1) is 11.8. The van der Waals surface area contributed by atoms with Crippen molar-refractivity contribution < 1.29 is 22.8 Å². The van der Waals surface area contributed by atoms with Crippen molar-refractivity contribution in [2.75, 3.05) is 26.2 Å². The largest absolute Gasteiger partial charge is 0.417 e. The zero-order valence-electron chi connectivity index (χ0n) is 13.6. The van der Waals surface area contributed by atoms with Gasteiger partial charge in [0.2, 0.25) is 6.41 Å². The van der Waals surface area contributed by atoms with Gasteiger partial charge in [-0.25, -0.2) is 4.98 Å². The predicted molar refractivity (Wildman–Crippen MR) is 83.1 cm³/mol. The molecule has 0 radical (unpaired) electrons. The first-order valence-corrected chi connectivity index (χ1v) is 7.92. The lowest BCUT2D eigenvalue weighted by atomic mass is 10.2. The molecular formula is C16H17F3N4O2. The van der Waals surface area contributed by atoms with Crippen LogP contribution >= 0.6 is 0 Å². The molecule has 1 saturated heterocycles. The van der Waals surface area contributed by atoms with E-state index < -0.39 is 11.7 Å². The number of alkyl halides is 3. The summed E-state index contributed by atoms with van der Waals surface area (Å²) in [5.41, 5.74) is 0.0879. The third kappa shape index (κ3) is 3.18. The second-order valence-electron chi connectivity index (χ2n) is 5.84. The highest BCUT2D eigenvalue weighted by molar-refractivity contribution is 5.95. The highest BCUT2D eigenvalue weighted by atomic mass is 19.4. The Hall–Kier alpha value is -2.58. The van der Waals surface area contributed by atoms with Crippen molar-refractivity contribution in [1.82, 2.24) is 19.2 Å². The Bertz CT molecular complexity index is 808. The van der Waals surface area contributed by atoms with Gasteiger partial charge in [0, 0.05) is 32.4 Å². The standard InChI is InChI=1S/C16H17F3N4O2/c1-2-12-14(15(25)22-7-5-21(10-24)6-8-22)23-9-11(16(17,18)19)3-4-13(23)20-12/h3-4,9-10H,2,5-8H2,1H3. The van der Waals surface area contributed by atoms with Gasteiger partial charge in [0.05, 0.1) is 11.3 Å². The molecule has 0 aromatic carbocycles. The normalized spacial score (nSPS) is 15.7. The summed E-state index contributed by atoms with van der Waals surface area (Å²) < 4.78 is 40.2. The maximum absolute atomic E-state index is 13.0. The first kappa shape index (κ1) is 17.2. The molecule has 3 heterocycles. The minimum atomic E-state index is -4.50. The maximum Gasteiger partial charge on any atom is 0.417 e. The number of amides is 2. The van der Waals surface area contributed by atoms with E-state index >= 15 is 0 Å². The predicted octanol–water partition coefficient (Wildman–Crippen LogP) is 1.83. The molecular weight excluding hydrogens is 337 g/mol. The third-order valence-electron chi connectivity index (χ3n) is 4.31. The van der Waals surface area contributed by atoms with Crippen molar-refractivity contribution in [3.63, 3.8) is 0 Å². The van der Waals surface area contributed by atoms with Crippen molar-refractivity contribution in [3.05, 3.63) is 35.3 Å². The summed E-state index contributed by atoms with van der Waals surface area (Å²) in [7, 11) is 0. The number of piperazine rings is 1. The lowest BCUT2D eigenvalue weighted by Gasteiger charge is -2.32. The van der Waals surface area contributed by atoms with E-state index in [1.807, 2.05) is 0 Å². The summed E-state index contributed by atoms with van der Waals surface area (Å²) in [4.78, 5) is 31.0. The van der Waals surface area contributed by atoms with Gasteiger partial charge in [0.15, 0.2) is 0 Å². The molecule has 25 heavy (non-hydrogen) atoms. The molecule has 0 aliphatic carbocycles. The fraction of sp³-hybridized carbons (Fsp3) is 0.438. The molecule has 9 heteroatoms. The second-order valence-corrected chi connectivity index (χ2v) is 5.84. The van der Waals surface area contributed by atoms with Crippen molar-refractivity contribution in [3.8, 4) is 0 Å². The molecule has 0 unspecified atom stereocenters. The number of carbonyl (C=O) groups excluding carboxylic acids is 2. The quantitative estimate of drug-likeness (QED) is 0.791. The van der Waals surface area contributed by atoms with E-state index in [0.717, 1.165) is 18.7 Å². The summed E-state index contributed by atoms with van der Waals surface area (Å²) in [6.45, 7) is 3.29. The van der Waals surface area contributed by atoms with Gasteiger partial charge in [-0.3, -0.25) is 14.0 Å². The number of halogens is 3. The summed E-state index contributed by atoms with van der Waals surface area (Å²) >= 11 is 0. The van der Waals surface area contributed by atoms with E-state index in [1.54, 1.807) is 16.7 Å². The molecule has 0 saturated carbocycles. The van der Waals surface area contributed by atoms with Crippen LogP contribution in [0.15, 0.2) is 18.3 Å². The number of pyridine rings is 1. The van der Waals surface area contributed by atoms with Gasteiger partial charge in [-0.2, -0.15) is 13.2 Å². The number of carbonyl (C=O) groups is 2. The minimum absolute atomic E-state index is 0.156. The maximum atomic E-state index is 13.0. The average Bonchev–Trinajstić information content (AvgIpc) is 2.98. The van der Waals surface area contributed by atoms with Crippen molar-refractivity contribution >= 4 is 18.0 Å². The van der Waals surface area contributed by atoms with E-state index in [0.29, 0.717) is 43.9 Å². The Morgan fingerprint density at radius 2 is 1.92 bits per heavy atom. The summed E-state index contributed by atoms with van der Waals surface area (Å²) in [6, 6.07) is 2.22. The molecule has 0 atom stereocenters. The zero-order chi connectivity index (χ0) is 18.2. The molecule has 1 aliphatic rings. The lowest BCUT2D eigenvalue weighted by molar-refractivity contribution is -0.137. The van der Waals surface area contributed by atoms with Crippen LogP contribution in [0.4, 0.5) is 13.2 Å². The van der Waals surface area contributed by atoms with Gasteiger partial charge in [0.1, 0.15) is 11.3 Å². The van der Waals surface area contributed by atoms with Crippen LogP contribution in [0.2, 0.25) is 0 Å². The number of aryl methyl sites for hydroxylation is 1. The minimum Gasteiger partial charge on any atom is -0.342 e. The smallest absolute Gasteiger partial charge is 0.342 e. The van der Waals surface area contributed by atoms with Gasteiger partial charge in [-0.15, -0.1) is 0 Å². The Morgan fingerprint density at radius 3 is 2.48 bits per heavy atom. The highest BCUT2D eigenvalue weighted by Crippen LogP contribution is 2.30. The number of hydrogen-bond donors (Lipinski definition) is 0. The Morgan fingerprint density at radius 1 is 1.24 bits per heavy atom. The average molecular weight is 354 g/mol. The van der Waals surface area contributed by atoms with Gasteiger partial charge < -0.3 is 9.80 Å². The summed E-state index contributed by atoms with van der Waals surface area (Å²) in [5.74, 6) is -0.366. The molecule has 1 fully saturated rings. The van der Waals surface area contributed by atoms with E-state index in [9.17, 15) is 22.8 Å². The van der Waals surface area contributed by atoms with Crippen LogP contribution in [0.1, 0.15) is 28.7 Å². The molecule has 0 bridgehead atoms. The van der Waals surface area contributed by atoms with Gasteiger partial charge in [-0.1, -0.05) is 6.92 Å². The van der Waals surface area contributed by atoms with Gasteiger partial charge in [0.25, 0.3) is 5.91 Å². The van der Waals surface area contributed by atoms with Crippen molar-refractivity contribution in [2.24, 2.45) is 0 Å². The fourth-order valence-corrected chi connectivity index (χ4v) is 2.91. The first-order valence-electron chi connectivity index (χ1n) is 7.92. The van der Waals surface area contributed by atoms with Crippen LogP contribution in [-0.4, -0.2) is 57.7 Å². The van der Waals surface area contributed by atoms with E-state index in [4.69, 9.17) is 0 Å². The Balaban J connectivity index is 2.01. The molecule has 2 amide bonds. The second kappa shape index (κ2) is 6.38. The molecule has 2 aromatic heterocycles. The molecule has 1 aliphatic heterocycles. The molecule has 2 aromatic rings. The van der Waals surface area contributed by atoms with E-state index in [1.165, 1.54) is 10.5 Å². The highest BCUT2D eigenvalue weighted by Gasteiger charge is 2.32. The van der Waals surface area contributed by atoms with Crippen molar-refractivity contribution in [1.29, 1.82) is 0 Å². The molecule has 6 nitrogen and oxygen atoms in total. The number of nitrogens with zero attached hydrogens (tertiary/aromatic N) is 4. The van der Waals surface area contributed by atoms with Crippen molar-refractivity contribution in [2.45, 2.75) is 19.5 Å². The van der Waals surface area contributed by atoms with Crippen LogP contribution < -0.4 is 0 Å². The molecule has 0 spiro atoms. The summed E-state index contributed by atoms with van der Waals surface area (Å²) in [5, 5.41) is 0. The van der Waals surface area contributed by atoms with E-state index in [-0.39, 0.29) is 11.6 Å². The van der Waals surface area contributed by atoms with Crippen LogP contribution in [0.25, 0.3) is 5.65 Å². The summed E-state index contributed by atoms with van der Waals surface area (Å²) in [6.07, 6.45) is -2.43. The number of fused-ring (bicyclic) bond motifs is 1. The number of imidazole rings is 1. The van der Waals surface area contributed by atoms with Crippen LogP contribution in [-0.2, 0) is 17.4 Å². The van der Waals surface area contributed by atoms with Crippen LogP contribution in [0.3, 0.4) is 0 Å². The molecule has 0 N–H and O–H groups in total. The van der Waals surface area contributed by atoms with Gasteiger partial charge >= 0.3 is 6.18 Å². The van der Waals surface area contributed by atoms with Crippen LogP contribution in [0.5, 0.6) is 0 Å². The molecule has 3 rings (SSSR count). The SMILES string of the molecule is CCc1nc2ccc(C(F)(F)F)cn2c1C(=O)N1CCN(C=O)CC1. The Kier molecular flexibility index (Phi) is 4.40. The Labute approximate surface area is 141 Å². The number of hydrogen-bond acceptors (Lipinski definition) is 3. The fourth-order valence-electron chi connectivity index (χ4n) is 2.91. The monoisotopic (exact) mass is 354 g/mol. The van der Waals surface area contributed by atoms with Gasteiger partial charge in [-0.05, 0) is 18.6 Å². The van der Waals surface area contributed by atoms with Crippen LogP contribution in [0, 0.1) is 0 Å². The topological polar surface area (TPSA) is 57.9 Å². The number of rotatable bonds is 3. The van der Waals surface area contributed by atoms with E-state index in [2.05, 4.69) is 4.98 Å². The zero-order valence-corrected chi connectivity index (χ0v) is 13.6. The molecule has 134 valence electrons. The lowest BCUT2D eigenvalue weighted by Crippen LogP contribution is -2.48. The number of aromatic nitrogens is 2. The third-order valence-corrected chi connectivity index (χ3v) is 4.31.